The fourth-order valence-electron chi connectivity index (χ4n) is 3.42. The van der Waals surface area contributed by atoms with Gasteiger partial charge in [0.2, 0.25) is 0 Å². The number of ether oxygens (including phenoxy) is 1. The molecular formula is C24H19ClN2O3S. The van der Waals surface area contributed by atoms with Crippen LogP contribution in [-0.2, 0) is 9.53 Å². The molecule has 0 bridgehead atoms. The second-order valence-corrected chi connectivity index (χ2v) is 8.32. The first-order chi connectivity index (χ1) is 15.0. The molecule has 3 aromatic rings. The maximum absolute atomic E-state index is 13.3. The summed E-state index contributed by atoms with van der Waals surface area (Å²) in [4.78, 5) is 30.9. The Kier molecular flexibility index (Phi) is 6.02. The van der Waals surface area contributed by atoms with Crippen molar-refractivity contribution in [3.8, 4) is 0 Å². The van der Waals surface area contributed by atoms with Crippen LogP contribution in [0.15, 0.2) is 81.7 Å². The van der Waals surface area contributed by atoms with Gasteiger partial charge in [0.1, 0.15) is 0 Å². The second kappa shape index (κ2) is 8.88. The molecule has 0 spiro atoms. The third-order valence-electron chi connectivity index (χ3n) is 4.93. The average molecular weight is 451 g/mol. The van der Waals surface area contributed by atoms with Gasteiger partial charge < -0.3 is 4.74 Å². The number of allylic oxidation sites excluding steroid dienone is 2. The van der Waals surface area contributed by atoms with Crippen molar-refractivity contribution in [3.63, 3.8) is 0 Å². The summed E-state index contributed by atoms with van der Waals surface area (Å²) in [7, 11) is 1.32. The summed E-state index contributed by atoms with van der Waals surface area (Å²) < 4.78 is 7.01. The molecule has 0 unspecified atom stereocenters. The number of nitrogens with zero attached hydrogens (tertiary/aromatic N) is 2. The molecule has 1 aromatic heterocycles. The highest BCUT2D eigenvalue weighted by molar-refractivity contribution is 7.07. The third-order valence-corrected chi connectivity index (χ3v) is 6.26. The highest BCUT2D eigenvalue weighted by Crippen LogP contribution is 2.26. The number of rotatable bonds is 4. The smallest absolute Gasteiger partial charge is 0.338 e. The summed E-state index contributed by atoms with van der Waals surface area (Å²) in [5, 5.41) is 0.556. The van der Waals surface area contributed by atoms with E-state index < -0.39 is 12.0 Å². The van der Waals surface area contributed by atoms with E-state index in [4.69, 9.17) is 16.3 Å². The molecule has 0 radical (unpaired) electrons. The Morgan fingerprint density at radius 3 is 2.58 bits per heavy atom. The van der Waals surface area contributed by atoms with E-state index in [1.165, 1.54) is 23.0 Å². The molecule has 156 valence electrons. The molecule has 31 heavy (non-hydrogen) atoms. The van der Waals surface area contributed by atoms with Crippen molar-refractivity contribution in [2.24, 2.45) is 4.99 Å². The van der Waals surface area contributed by atoms with Crippen LogP contribution in [0.3, 0.4) is 0 Å². The van der Waals surface area contributed by atoms with E-state index in [2.05, 4.69) is 4.99 Å². The van der Waals surface area contributed by atoms with Crippen LogP contribution in [0.5, 0.6) is 0 Å². The van der Waals surface area contributed by atoms with Crippen molar-refractivity contribution in [1.29, 1.82) is 0 Å². The summed E-state index contributed by atoms with van der Waals surface area (Å²) in [5.74, 6) is -0.510. The van der Waals surface area contributed by atoms with Crippen molar-refractivity contribution in [1.82, 2.24) is 4.57 Å². The topological polar surface area (TPSA) is 60.7 Å². The van der Waals surface area contributed by atoms with Gasteiger partial charge >= 0.3 is 5.97 Å². The minimum Gasteiger partial charge on any atom is -0.466 e. The molecule has 7 heteroatoms. The quantitative estimate of drug-likeness (QED) is 0.569. The Hall–Kier alpha value is -3.22. The van der Waals surface area contributed by atoms with E-state index in [-0.39, 0.29) is 5.56 Å². The van der Waals surface area contributed by atoms with E-state index in [1.54, 1.807) is 19.1 Å². The molecule has 2 aromatic carbocycles. The number of hydrogen-bond donors (Lipinski definition) is 0. The standard InChI is InChI=1S/C24H19ClN2O3S/c1-15-21(23(29)30-2)19(13-12-16-8-4-3-5-9-16)27-22(28)20(31-24(27)26-15)14-17-10-6-7-11-18(17)25/h3-14,19H,1-2H3/b13-12+,20-14+/t19-/m1/s1. The number of methoxy groups -OCH3 is 1. The third kappa shape index (κ3) is 4.17. The van der Waals surface area contributed by atoms with Crippen LogP contribution in [0.4, 0.5) is 0 Å². The minimum atomic E-state index is -0.627. The lowest BCUT2D eigenvalue weighted by Gasteiger charge is -2.21. The Bertz CT molecular complexity index is 1380. The lowest BCUT2D eigenvalue weighted by molar-refractivity contribution is -0.136. The van der Waals surface area contributed by atoms with E-state index >= 15 is 0 Å². The van der Waals surface area contributed by atoms with Gasteiger partial charge in [0.15, 0.2) is 4.80 Å². The largest absolute Gasteiger partial charge is 0.466 e. The first-order valence-electron chi connectivity index (χ1n) is 9.58. The van der Waals surface area contributed by atoms with Crippen LogP contribution < -0.4 is 14.9 Å². The number of thiazole rings is 1. The zero-order valence-corrected chi connectivity index (χ0v) is 18.5. The van der Waals surface area contributed by atoms with Crippen LogP contribution in [-0.4, -0.2) is 17.6 Å². The van der Waals surface area contributed by atoms with Crippen LogP contribution in [0.25, 0.3) is 12.2 Å². The number of halogens is 1. The van der Waals surface area contributed by atoms with Crippen molar-refractivity contribution in [2.45, 2.75) is 13.0 Å². The average Bonchev–Trinajstić information content (AvgIpc) is 3.08. The summed E-state index contributed by atoms with van der Waals surface area (Å²) in [6, 6.07) is 16.4. The number of aromatic nitrogens is 1. The Balaban J connectivity index is 1.90. The van der Waals surface area contributed by atoms with E-state index in [1.807, 2.05) is 60.7 Å². The lowest BCUT2D eigenvalue weighted by Crippen LogP contribution is -2.38. The van der Waals surface area contributed by atoms with Crippen LogP contribution in [0.1, 0.15) is 24.1 Å². The Morgan fingerprint density at radius 1 is 1.16 bits per heavy atom. The molecule has 2 heterocycles. The molecule has 0 fully saturated rings. The monoisotopic (exact) mass is 450 g/mol. The van der Waals surface area contributed by atoms with Crippen LogP contribution in [0.2, 0.25) is 5.02 Å². The van der Waals surface area contributed by atoms with Gasteiger partial charge in [-0.2, -0.15) is 0 Å². The van der Waals surface area contributed by atoms with E-state index in [0.717, 1.165) is 11.1 Å². The summed E-state index contributed by atoms with van der Waals surface area (Å²) in [6.07, 6.45) is 5.47. The number of benzene rings is 2. The van der Waals surface area contributed by atoms with Crippen molar-refractivity contribution in [3.05, 3.63) is 108 Å². The van der Waals surface area contributed by atoms with Gasteiger partial charge in [0.25, 0.3) is 5.56 Å². The number of carbonyl (C=O) groups excluding carboxylic acids is 1. The molecule has 0 saturated carbocycles. The molecule has 0 aliphatic carbocycles. The minimum absolute atomic E-state index is 0.236. The number of hydrogen-bond acceptors (Lipinski definition) is 5. The highest BCUT2D eigenvalue weighted by atomic mass is 35.5. The maximum atomic E-state index is 13.3. The predicted octanol–water partition coefficient (Wildman–Crippen LogP) is 3.73. The Labute approximate surface area is 187 Å². The predicted molar refractivity (Wildman–Crippen MR) is 124 cm³/mol. The lowest BCUT2D eigenvalue weighted by atomic mass is 10.0. The summed E-state index contributed by atoms with van der Waals surface area (Å²) in [5.41, 5.74) is 2.33. The SMILES string of the molecule is COC(=O)C1=C(C)N=c2s/c(=C/c3ccccc3Cl)c(=O)n2[C@@H]1/C=C/c1ccccc1. The molecule has 0 amide bonds. The van der Waals surface area contributed by atoms with Crippen molar-refractivity contribution in [2.75, 3.05) is 7.11 Å². The van der Waals surface area contributed by atoms with E-state index in [0.29, 0.717) is 25.6 Å². The summed E-state index contributed by atoms with van der Waals surface area (Å²) in [6.45, 7) is 1.75. The zero-order valence-electron chi connectivity index (χ0n) is 16.9. The van der Waals surface area contributed by atoms with Gasteiger partial charge in [-0.05, 0) is 30.2 Å². The normalized spacial score (nSPS) is 16.4. The number of esters is 1. The van der Waals surface area contributed by atoms with Gasteiger partial charge in [-0.15, -0.1) is 0 Å². The molecule has 4 rings (SSSR count). The molecule has 5 nitrogen and oxygen atoms in total. The van der Waals surface area contributed by atoms with E-state index in [9.17, 15) is 9.59 Å². The maximum Gasteiger partial charge on any atom is 0.338 e. The highest BCUT2D eigenvalue weighted by Gasteiger charge is 2.30. The van der Waals surface area contributed by atoms with Gasteiger partial charge in [-0.3, -0.25) is 9.36 Å². The fraction of sp³-hybridized carbons (Fsp3) is 0.125. The summed E-state index contributed by atoms with van der Waals surface area (Å²) >= 11 is 7.53. The molecule has 1 aliphatic rings. The fourth-order valence-corrected chi connectivity index (χ4v) is 4.65. The number of carbonyl (C=O) groups is 1. The first-order valence-corrected chi connectivity index (χ1v) is 10.8. The van der Waals surface area contributed by atoms with Gasteiger partial charge in [0.05, 0.1) is 29.0 Å². The first kappa shape index (κ1) is 21.0. The molecular weight excluding hydrogens is 432 g/mol. The van der Waals surface area contributed by atoms with Gasteiger partial charge in [-0.1, -0.05) is 83.6 Å². The molecule has 0 saturated heterocycles. The zero-order chi connectivity index (χ0) is 22.0. The molecule has 1 atom stereocenters. The molecule has 0 N–H and O–H groups in total. The molecule has 1 aliphatic heterocycles. The number of fused-ring (bicyclic) bond motifs is 1. The Morgan fingerprint density at radius 2 is 1.87 bits per heavy atom. The van der Waals surface area contributed by atoms with Crippen LogP contribution >= 0.6 is 22.9 Å². The van der Waals surface area contributed by atoms with Gasteiger partial charge in [-0.25, -0.2) is 9.79 Å². The van der Waals surface area contributed by atoms with Crippen molar-refractivity contribution < 1.29 is 9.53 Å². The van der Waals surface area contributed by atoms with Gasteiger partial charge in [0, 0.05) is 5.02 Å². The van der Waals surface area contributed by atoms with Crippen LogP contribution in [0, 0.1) is 0 Å². The van der Waals surface area contributed by atoms with Crippen molar-refractivity contribution >= 4 is 41.1 Å². The second-order valence-electron chi connectivity index (χ2n) is 6.91.